The first-order valence-corrected chi connectivity index (χ1v) is 11.7. The predicted molar refractivity (Wildman–Crippen MR) is 138 cm³/mol. The minimum Gasteiger partial charge on any atom is -0.494 e. The molecule has 7 nitrogen and oxygen atoms in total. The second-order valence-electron chi connectivity index (χ2n) is 7.32. The molecule has 34 heavy (non-hydrogen) atoms. The monoisotopic (exact) mass is 536 g/mol. The lowest BCUT2D eigenvalue weighted by atomic mass is 10.2. The molecule has 172 valence electrons. The van der Waals surface area contributed by atoms with E-state index in [-0.39, 0.29) is 10.5 Å². The Morgan fingerprint density at radius 1 is 0.941 bits per heavy atom. The molecule has 0 saturated carbocycles. The van der Waals surface area contributed by atoms with Crippen LogP contribution in [-0.4, -0.2) is 20.8 Å². The Hall–Kier alpha value is -3.56. The Labute approximate surface area is 209 Å². The second-order valence-corrected chi connectivity index (χ2v) is 8.60. The zero-order chi connectivity index (χ0) is 24.2. The molecule has 0 aliphatic heterocycles. The average molecular weight is 537 g/mol. The van der Waals surface area contributed by atoms with E-state index in [4.69, 9.17) is 17.0 Å². The molecule has 0 spiro atoms. The summed E-state index contributed by atoms with van der Waals surface area (Å²) in [6.07, 6.45) is 0. The number of rotatable bonds is 6. The molecule has 9 heteroatoms. The summed E-state index contributed by atoms with van der Waals surface area (Å²) in [6.45, 7) is 4.31. The van der Waals surface area contributed by atoms with Crippen LogP contribution in [0.4, 0.5) is 11.4 Å². The van der Waals surface area contributed by atoms with Gasteiger partial charge in [-0.2, -0.15) is 0 Å². The lowest BCUT2D eigenvalue weighted by Crippen LogP contribution is -2.23. The number of halogens is 1. The molecule has 0 radical (unpaired) electrons. The number of ether oxygens (including phenoxy) is 1. The molecule has 1 heterocycles. The minimum absolute atomic E-state index is 0.0869. The Bertz CT molecular complexity index is 1480. The van der Waals surface area contributed by atoms with Gasteiger partial charge in [-0.1, -0.05) is 34.1 Å². The number of aromatic hydroxyl groups is 1. The van der Waals surface area contributed by atoms with Gasteiger partial charge in [-0.25, -0.2) is 0 Å². The summed E-state index contributed by atoms with van der Waals surface area (Å²) in [6, 6.07) is 21.5. The number of azo groups is 1. The largest absolute Gasteiger partial charge is 0.494 e. The molecule has 0 aliphatic rings. The zero-order valence-electron chi connectivity index (χ0n) is 18.5. The molecule has 0 aliphatic carbocycles. The summed E-state index contributed by atoms with van der Waals surface area (Å²) < 4.78 is 9.17. The minimum atomic E-state index is -0.586. The van der Waals surface area contributed by atoms with Crippen molar-refractivity contribution in [1.82, 2.24) is 9.13 Å². The molecule has 1 aromatic heterocycles. The van der Waals surface area contributed by atoms with Gasteiger partial charge >= 0.3 is 0 Å². The van der Waals surface area contributed by atoms with Crippen molar-refractivity contribution in [3.8, 4) is 23.0 Å². The summed E-state index contributed by atoms with van der Waals surface area (Å²) >= 11 is 9.07. The third kappa shape index (κ3) is 4.71. The smallest absolute Gasteiger partial charge is 0.290 e. The predicted octanol–water partition coefficient (Wildman–Crippen LogP) is 6.95. The fourth-order valence-corrected chi connectivity index (χ4v) is 4.01. The van der Waals surface area contributed by atoms with Crippen molar-refractivity contribution in [3.05, 3.63) is 98.0 Å². The third-order valence-electron chi connectivity index (χ3n) is 5.08. The van der Waals surface area contributed by atoms with Crippen molar-refractivity contribution in [2.75, 3.05) is 6.61 Å². The van der Waals surface area contributed by atoms with Crippen LogP contribution in [-0.2, 0) is 0 Å². The Morgan fingerprint density at radius 2 is 1.56 bits per heavy atom. The topological polar surface area (TPSA) is 81.1 Å². The van der Waals surface area contributed by atoms with Gasteiger partial charge in [-0.15, -0.1) is 10.2 Å². The molecule has 1 N–H and O–H groups in total. The molecule has 0 bridgehead atoms. The molecular weight excluding hydrogens is 516 g/mol. The van der Waals surface area contributed by atoms with Crippen molar-refractivity contribution in [2.45, 2.75) is 13.8 Å². The molecule has 0 amide bonds. The van der Waals surface area contributed by atoms with Crippen LogP contribution >= 0.6 is 28.1 Å². The van der Waals surface area contributed by atoms with Crippen LogP contribution in [0.15, 0.2) is 92.3 Å². The summed E-state index contributed by atoms with van der Waals surface area (Å²) in [4.78, 5) is 13.5. The highest BCUT2D eigenvalue weighted by atomic mass is 79.9. The zero-order valence-corrected chi connectivity index (χ0v) is 20.9. The molecular formula is C25H21BrN4O3S. The maximum Gasteiger partial charge on any atom is 0.290 e. The van der Waals surface area contributed by atoms with Crippen molar-refractivity contribution in [1.29, 1.82) is 0 Å². The van der Waals surface area contributed by atoms with Gasteiger partial charge in [0, 0.05) is 4.47 Å². The molecule has 3 aromatic carbocycles. The van der Waals surface area contributed by atoms with Crippen LogP contribution in [0.1, 0.15) is 12.5 Å². The first-order chi connectivity index (χ1) is 16.4. The molecule has 0 unspecified atom stereocenters. The van der Waals surface area contributed by atoms with Crippen molar-refractivity contribution in [2.24, 2.45) is 10.2 Å². The fourth-order valence-electron chi connectivity index (χ4n) is 3.36. The van der Waals surface area contributed by atoms with Gasteiger partial charge in [0.1, 0.15) is 5.75 Å². The van der Waals surface area contributed by atoms with Gasteiger partial charge in [0.25, 0.3) is 5.56 Å². The van der Waals surface area contributed by atoms with E-state index in [0.29, 0.717) is 29.4 Å². The van der Waals surface area contributed by atoms with Crippen molar-refractivity contribution < 1.29 is 9.84 Å². The molecule has 0 atom stereocenters. The normalized spacial score (nSPS) is 11.1. The van der Waals surface area contributed by atoms with Crippen LogP contribution in [0.3, 0.4) is 0 Å². The van der Waals surface area contributed by atoms with Crippen LogP contribution < -0.4 is 10.3 Å². The lowest BCUT2D eigenvalue weighted by Gasteiger charge is -2.16. The van der Waals surface area contributed by atoms with Gasteiger partial charge in [-0.05, 0) is 86.2 Å². The van der Waals surface area contributed by atoms with Gasteiger partial charge in [0.05, 0.1) is 23.7 Å². The number of aromatic nitrogens is 2. The van der Waals surface area contributed by atoms with Crippen LogP contribution in [0, 0.1) is 11.7 Å². The van der Waals surface area contributed by atoms with Gasteiger partial charge in [0.15, 0.2) is 4.77 Å². The SMILES string of the molecule is CCOc1ccc(-n2c(=O)c(N=Nc3ccccc3C)c(O)n(-c3ccc(Br)cc3)c2=S)cc1. The molecule has 0 fully saturated rings. The summed E-state index contributed by atoms with van der Waals surface area (Å²) in [5, 5.41) is 19.5. The first-order valence-electron chi connectivity index (χ1n) is 10.5. The van der Waals surface area contributed by atoms with E-state index in [2.05, 4.69) is 26.2 Å². The van der Waals surface area contributed by atoms with E-state index in [9.17, 15) is 9.90 Å². The Morgan fingerprint density at radius 3 is 2.21 bits per heavy atom. The Kier molecular flexibility index (Phi) is 7.04. The number of hydrogen-bond acceptors (Lipinski definition) is 6. The van der Waals surface area contributed by atoms with Gasteiger partial charge < -0.3 is 9.84 Å². The first kappa shape index (κ1) is 23.6. The highest BCUT2D eigenvalue weighted by molar-refractivity contribution is 9.10. The number of hydrogen-bond donors (Lipinski definition) is 1. The summed E-state index contributed by atoms with van der Waals surface area (Å²) in [7, 11) is 0. The molecule has 4 rings (SSSR count). The number of nitrogens with zero attached hydrogens (tertiary/aromatic N) is 4. The fraction of sp³-hybridized carbons (Fsp3) is 0.120. The number of aryl methyl sites for hydroxylation is 1. The van der Waals surface area contributed by atoms with E-state index in [0.717, 1.165) is 10.0 Å². The standard InChI is InChI=1S/C25H21BrN4O3S/c1-3-33-20-14-12-19(13-15-20)30-24(32)22(28-27-21-7-5-4-6-16(21)2)23(31)29(25(30)34)18-10-8-17(26)9-11-18/h4-15,31H,3H2,1-2H3. The maximum atomic E-state index is 13.5. The van der Waals surface area contributed by atoms with Crippen LogP contribution in [0.25, 0.3) is 11.4 Å². The second kappa shape index (κ2) is 10.1. The van der Waals surface area contributed by atoms with E-state index >= 15 is 0 Å². The lowest BCUT2D eigenvalue weighted by molar-refractivity contribution is 0.340. The van der Waals surface area contributed by atoms with E-state index in [1.165, 1.54) is 9.13 Å². The summed E-state index contributed by atoms with van der Waals surface area (Å²) in [5.41, 5.74) is 1.74. The van der Waals surface area contributed by atoms with E-state index < -0.39 is 11.4 Å². The highest BCUT2D eigenvalue weighted by Gasteiger charge is 2.19. The van der Waals surface area contributed by atoms with E-state index in [1.807, 2.05) is 44.2 Å². The Balaban J connectivity index is 1.97. The van der Waals surface area contributed by atoms with Gasteiger partial charge in [-0.3, -0.25) is 13.9 Å². The van der Waals surface area contributed by atoms with Crippen molar-refractivity contribution >= 4 is 39.5 Å². The van der Waals surface area contributed by atoms with Crippen LogP contribution in [0.2, 0.25) is 0 Å². The number of benzene rings is 3. The van der Waals surface area contributed by atoms with Crippen molar-refractivity contribution in [3.63, 3.8) is 0 Å². The summed E-state index contributed by atoms with van der Waals surface area (Å²) in [5.74, 6) is 0.279. The third-order valence-corrected chi connectivity index (χ3v) is 5.97. The van der Waals surface area contributed by atoms with Gasteiger partial charge in [0.2, 0.25) is 11.6 Å². The average Bonchev–Trinajstić information content (AvgIpc) is 2.82. The van der Waals surface area contributed by atoms with E-state index in [1.54, 1.807) is 42.5 Å². The highest BCUT2D eigenvalue weighted by Crippen LogP contribution is 2.30. The molecule has 4 aromatic rings. The molecule has 0 saturated heterocycles. The quantitative estimate of drug-likeness (QED) is 0.213. The maximum absolute atomic E-state index is 13.5. The van der Waals surface area contributed by atoms with Crippen LogP contribution in [0.5, 0.6) is 11.6 Å².